The fourth-order valence-corrected chi connectivity index (χ4v) is 3.98. The van der Waals surface area contributed by atoms with E-state index in [1.165, 1.54) is 0 Å². The van der Waals surface area contributed by atoms with Crippen molar-refractivity contribution in [3.8, 4) is 0 Å². The van der Waals surface area contributed by atoms with Gasteiger partial charge >= 0.3 is 5.97 Å². The van der Waals surface area contributed by atoms with Gasteiger partial charge in [-0.1, -0.05) is 6.92 Å². The highest BCUT2D eigenvalue weighted by molar-refractivity contribution is 5.73. The van der Waals surface area contributed by atoms with Gasteiger partial charge in [0, 0.05) is 6.04 Å². The number of esters is 1. The monoisotopic (exact) mass is 371 g/mol. The number of halogens is 3. The highest BCUT2D eigenvalue weighted by Gasteiger charge is 2.34. The first-order valence-corrected chi connectivity index (χ1v) is 9.42. The summed E-state index contributed by atoms with van der Waals surface area (Å²) in [4.78, 5) is 12.4. The lowest BCUT2D eigenvalue weighted by atomic mass is 9.72. The standard InChI is InChI=1S/C20H28F3NO2/c1-3-18(24)14-7-5-13(6-8-14)15(20(25)26-4-2)9-12-10-16(21)19(23)17(22)11-12/h10-11,13-15,18H,3-9,24H2,1-2H3. The molecule has 0 bridgehead atoms. The maximum Gasteiger partial charge on any atom is 0.309 e. The van der Waals surface area contributed by atoms with E-state index in [4.69, 9.17) is 10.5 Å². The third-order valence-electron chi connectivity index (χ3n) is 5.55. The summed E-state index contributed by atoms with van der Waals surface area (Å²) >= 11 is 0. The molecule has 146 valence electrons. The molecule has 1 aliphatic carbocycles. The Labute approximate surface area is 153 Å². The van der Waals surface area contributed by atoms with E-state index >= 15 is 0 Å². The largest absolute Gasteiger partial charge is 0.466 e. The van der Waals surface area contributed by atoms with Crippen LogP contribution in [-0.2, 0) is 16.0 Å². The number of hydrogen-bond donors (Lipinski definition) is 1. The van der Waals surface area contributed by atoms with Crippen molar-refractivity contribution >= 4 is 5.97 Å². The van der Waals surface area contributed by atoms with Gasteiger partial charge in [-0.25, -0.2) is 13.2 Å². The molecule has 0 aromatic heterocycles. The van der Waals surface area contributed by atoms with Crippen LogP contribution in [0.5, 0.6) is 0 Å². The maximum atomic E-state index is 13.5. The van der Waals surface area contributed by atoms with Crippen LogP contribution < -0.4 is 5.73 Å². The summed E-state index contributed by atoms with van der Waals surface area (Å²) in [5, 5.41) is 0. The zero-order valence-corrected chi connectivity index (χ0v) is 15.4. The number of ether oxygens (including phenoxy) is 1. The maximum absolute atomic E-state index is 13.5. The molecule has 0 spiro atoms. The second kappa shape index (κ2) is 9.40. The summed E-state index contributed by atoms with van der Waals surface area (Å²) in [6, 6.07) is 2.09. The van der Waals surface area contributed by atoms with Crippen molar-refractivity contribution in [2.45, 2.75) is 58.4 Å². The van der Waals surface area contributed by atoms with Gasteiger partial charge in [-0.2, -0.15) is 0 Å². The molecule has 0 amide bonds. The number of rotatable bonds is 7. The van der Waals surface area contributed by atoms with Gasteiger partial charge in [0.05, 0.1) is 12.5 Å². The van der Waals surface area contributed by atoms with Crippen molar-refractivity contribution in [2.24, 2.45) is 23.5 Å². The topological polar surface area (TPSA) is 52.3 Å². The van der Waals surface area contributed by atoms with Crippen molar-refractivity contribution in [1.82, 2.24) is 0 Å². The van der Waals surface area contributed by atoms with Crippen molar-refractivity contribution in [2.75, 3.05) is 6.61 Å². The minimum atomic E-state index is -1.49. The normalized spacial score (nSPS) is 22.7. The molecule has 3 nitrogen and oxygen atoms in total. The molecule has 1 fully saturated rings. The van der Waals surface area contributed by atoms with Crippen LogP contribution in [0.1, 0.15) is 51.5 Å². The molecule has 2 unspecified atom stereocenters. The van der Waals surface area contributed by atoms with Crippen molar-refractivity contribution in [3.05, 3.63) is 35.1 Å². The lowest BCUT2D eigenvalue weighted by Gasteiger charge is -2.35. The summed E-state index contributed by atoms with van der Waals surface area (Å²) in [6.07, 6.45) is 4.58. The Bertz CT molecular complexity index is 592. The van der Waals surface area contributed by atoms with Crippen LogP contribution >= 0.6 is 0 Å². The summed E-state index contributed by atoms with van der Waals surface area (Å²) in [6.45, 7) is 4.04. The summed E-state index contributed by atoms with van der Waals surface area (Å²) in [5.74, 6) is -4.29. The minimum absolute atomic E-state index is 0.0746. The zero-order chi connectivity index (χ0) is 19.3. The average molecular weight is 371 g/mol. The highest BCUT2D eigenvalue weighted by atomic mass is 19.2. The van der Waals surface area contributed by atoms with Crippen LogP contribution in [0.3, 0.4) is 0 Å². The average Bonchev–Trinajstić information content (AvgIpc) is 2.63. The van der Waals surface area contributed by atoms with Crippen LogP contribution in [0.2, 0.25) is 0 Å². The SMILES string of the molecule is CCOC(=O)C(Cc1cc(F)c(F)c(F)c1)C1CCC(C(N)CC)CC1. The van der Waals surface area contributed by atoms with Gasteiger partial charge in [0.2, 0.25) is 0 Å². The summed E-state index contributed by atoms with van der Waals surface area (Å²) in [7, 11) is 0. The molecular formula is C20H28F3NO2. The Morgan fingerprint density at radius 2 is 1.65 bits per heavy atom. The summed E-state index contributed by atoms with van der Waals surface area (Å²) < 4.78 is 45.4. The van der Waals surface area contributed by atoms with Crippen LogP contribution in [0, 0.1) is 35.2 Å². The fraction of sp³-hybridized carbons (Fsp3) is 0.650. The lowest BCUT2D eigenvalue weighted by Crippen LogP contribution is -2.36. The van der Waals surface area contributed by atoms with Crippen LogP contribution in [0.25, 0.3) is 0 Å². The first-order valence-electron chi connectivity index (χ1n) is 9.42. The molecule has 2 N–H and O–H groups in total. The van der Waals surface area contributed by atoms with Crippen molar-refractivity contribution < 1.29 is 22.7 Å². The van der Waals surface area contributed by atoms with Gasteiger partial charge in [-0.15, -0.1) is 0 Å². The Kier molecular flexibility index (Phi) is 7.50. The molecule has 0 aliphatic heterocycles. The van der Waals surface area contributed by atoms with Gasteiger partial charge in [-0.05, 0) is 75.0 Å². The van der Waals surface area contributed by atoms with E-state index in [9.17, 15) is 18.0 Å². The smallest absolute Gasteiger partial charge is 0.309 e. The van der Waals surface area contributed by atoms with Crippen molar-refractivity contribution in [3.63, 3.8) is 0 Å². The number of carbonyl (C=O) groups excluding carboxylic acids is 1. The van der Waals surface area contributed by atoms with E-state index in [0.717, 1.165) is 44.2 Å². The number of benzene rings is 1. The molecule has 0 heterocycles. The lowest BCUT2D eigenvalue weighted by molar-refractivity contribution is -0.150. The van der Waals surface area contributed by atoms with Gasteiger partial charge in [0.25, 0.3) is 0 Å². The predicted octanol–water partition coefficient (Wildman–Crippen LogP) is 4.37. The second-order valence-electron chi connectivity index (χ2n) is 7.18. The molecule has 1 aromatic rings. The molecular weight excluding hydrogens is 343 g/mol. The summed E-state index contributed by atoms with van der Waals surface area (Å²) in [5.41, 5.74) is 6.41. The van der Waals surface area contributed by atoms with E-state index in [2.05, 4.69) is 6.92 Å². The van der Waals surface area contributed by atoms with Crippen LogP contribution in [0.4, 0.5) is 13.2 Å². The molecule has 2 atom stereocenters. The second-order valence-corrected chi connectivity index (χ2v) is 7.18. The Morgan fingerprint density at radius 3 is 2.15 bits per heavy atom. The molecule has 26 heavy (non-hydrogen) atoms. The minimum Gasteiger partial charge on any atom is -0.466 e. The molecule has 0 saturated heterocycles. The molecule has 1 saturated carbocycles. The first kappa shape index (κ1) is 20.7. The van der Waals surface area contributed by atoms with Gasteiger partial charge in [-0.3, -0.25) is 4.79 Å². The zero-order valence-electron chi connectivity index (χ0n) is 15.4. The Morgan fingerprint density at radius 1 is 1.12 bits per heavy atom. The van der Waals surface area contributed by atoms with E-state index in [-0.39, 0.29) is 36.5 Å². The Hall–Kier alpha value is -1.56. The number of nitrogens with two attached hydrogens (primary N) is 1. The first-order chi connectivity index (χ1) is 12.4. The molecule has 6 heteroatoms. The number of hydrogen-bond acceptors (Lipinski definition) is 3. The van der Waals surface area contributed by atoms with Crippen molar-refractivity contribution in [1.29, 1.82) is 0 Å². The van der Waals surface area contributed by atoms with E-state index in [0.29, 0.717) is 5.92 Å². The van der Waals surface area contributed by atoms with Gasteiger partial charge in [0.15, 0.2) is 17.5 Å². The molecule has 1 aliphatic rings. The molecule has 2 rings (SSSR count). The predicted molar refractivity (Wildman–Crippen MR) is 93.9 cm³/mol. The number of carbonyl (C=O) groups is 1. The quantitative estimate of drug-likeness (QED) is 0.572. The van der Waals surface area contributed by atoms with Gasteiger partial charge in [0.1, 0.15) is 0 Å². The van der Waals surface area contributed by atoms with E-state index in [1.807, 2.05) is 0 Å². The van der Waals surface area contributed by atoms with E-state index in [1.54, 1.807) is 6.92 Å². The van der Waals surface area contributed by atoms with Gasteiger partial charge < -0.3 is 10.5 Å². The fourth-order valence-electron chi connectivity index (χ4n) is 3.98. The molecule has 1 aromatic carbocycles. The molecule has 0 radical (unpaired) electrons. The third kappa shape index (κ3) is 5.00. The van der Waals surface area contributed by atoms with Crippen LogP contribution in [0.15, 0.2) is 12.1 Å². The highest BCUT2D eigenvalue weighted by Crippen LogP contribution is 2.37. The van der Waals surface area contributed by atoms with E-state index < -0.39 is 23.4 Å². The Balaban J connectivity index is 2.13. The van der Waals surface area contributed by atoms with Crippen LogP contribution in [-0.4, -0.2) is 18.6 Å². The third-order valence-corrected chi connectivity index (χ3v) is 5.55.